The van der Waals surface area contributed by atoms with Crippen molar-refractivity contribution in [2.45, 2.75) is 52.7 Å². The zero-order chi connectivity index (χ0) is 19.8. The number of halogens is 2. The molecule has 0 radical (unpaired) electrons. The predicted octanol–water partition coefficient (Wildman–Crippen LogP) is 4.62. The normalized spacial score (nSPS) is 26.8. The molecule has 0 unspecified atom stereocenters. The molecular formula is C21H24F2N2O2. The summed E-state index contributed by atoms with van der Waals surface area (Å²) >= 11 is 0. The average molecular weight is 374 g/mol. The summed E-state index contributed by atoms with van der Waals surface area (Å²) in [6.07, 6.45) is 4.48. The number of carbonyl (C=O) groups is 1. The summed E-state index contributed by atoms with van der Waals surface area (Å²) in [6.45, 7) is 4.46. The van der Waals surface area contributed by atoms with E-state index in [1.807, 2.05) is 11.0 Å². The molecule has 1 amide bonds. The maximum absolute atomic E-state index is 13.0. The molecule has 1 aromatic carbocycles. The van der Waals surface area contributed by atoms with E-state index >= 15 is 0 Å². The highest BCUT2D eigenvalue weighted by molar-refractivity contribution is 6.02. The van der Waals surface area contributed by atoms with Crippen molar-refractivity contribution < 1.29 is 18.3 Å². The first-order valence-corrected chi connectivity index (χ1v) is 9.09. The van der Waals surface area contributed by atoms with Crippen molar-refractivity contribution in [1.82, 2.24) is 4.90 Å². The van der Waals surface area contributed by atoms with Gasteiger partial charge in [0.25, 0.3) is 5.91 Å². The van der Waals surface area contributed by atoms with Crippen molar-refractivity contribution in [3.05, 3.63) is 35.4 Å². The van der Waals surface area contributed by atoms with E-state index in [-0.39, 0.29) is 34.1 Å². The maximum atomic E-state index is 13.0. The van der Waals surface area contributed by atoms with Crippen LogP contribution in [0.3, 0.4) is 0 Å². The van der Waals surface area contributed by atoms with Crippen molar-refractivity contribution in [1.29, 1.82) is 5.26 Å². The van der Waals surface area contributed by atoms with Crippen LogP contribution in [0.2, 0.25) is 0 Å². The molecule has 144 valence electrons. The van der Waals surface area contributed by atoms with Crippen molar-refractivity contribution >= 4 is 12.0 Å². The first kappa shape index (κ1) is 19.3. The molecule has 4 nitrogen and oxygen atoms in total. The summed E-state index contributed by atoms with van der Waals surface area (Å²) in [5, 5.41) is 9.51. The lowest BCUT2D eigenvalue weighted by Crippen LogP contribution is -2.38. The Balaban J connectivity index is 1.79. The highest BCUT2D eigenvalue weighted by Gasteiger charge is 2.51. The van der Waals surface area contributed by atoms with Crippen LogP contribution >= 0.6 is 0 Å². The molecule has 27 heavy (non-hydrogen) atoms. The third-order valence-electron chi connectivity index (χ3n) is 5.44. The van der Waals surface area contributed by atoms with Gasteiger partial charge < -0.3 is 9.64 Å². The Morgan fingerprint density at radius 3 is 2.56 bits per heavy atom. The molecule has 1 saturated heterocycles. The van der Waals surface area contributed by atoms with E-state index in [4.69, 9.17) is 0 Å². The molecule has 0 aromatic heterocycles. The number of nitriles is 1. The highest BCUT2D eigenvalue weighted by Crippen LogP contribution is 2.52. The number of fused-ring (bicyclic) bond motifs is 2. The Kier molecular flexibility index (Phi) is 4.98. The van der Waals surface area contributed by atoms with Gasteiger partial charge in [0.2, 0.25) is 0 Å². The number of hydrogen-bond acceptors (Lipinski definition) is 3. The van der Waals surface area contributed by atoms with E-state index in [0.717, 1.165) is 19.3 Å². The SMILES string of the molecule is CC1(C)C[C@@H]2C[C@@](C)(CN2C(=O)/C(C#N)=C/c2ccc(OC(F)F)cc2)C1. The summed E-state index contributed by atoms with van der Waals surface area (Å²) in [5.41, 5.74) is 0.933. The number of likely N-dealkylation sites (tertiary alicyclic amines) is 1. The monoisotopic (exact) mass is 374 g/mol. The summed E-state index contributed by atoms with van der Waals surface area (Å²) < 4.78 is 28.8. The summed E-state index contributed by atoms with van der Waals surface area (Å²) in [6, 6.07) is 8.05. The van der Waals surface area contributed by atoms with Gasteiger partial charge in [-0.05, 0) is 53.9 Å². The number of benzene rings is 1. The van der Waals surface area contributed by atoms with Gasteiger partial charge in [-0.25, -0.2) is 0 Å². The largest absolute Gasteiger partial charge is 0.435 e. The van der Waals surface area contributed by atoms with E-state index in [0.29, 0.717) is 12.1 Å². The molecule has 1 heterocycles. The second-order valence-corrected chi connectivity index (χ2v) is 8.76. The lowest BCUT2D eigenvalue weighted by Gasteiger charge is -2.39. The number of rotatable bonds is 4. The van der Waals surface area contributed by atoms with Gasteiger partial charge in [-0.1, -0.05) is 32.9 Å². The quantitative estimate of drug-likeness (QED) is 0.571. The minimum absolute atomic E-state index is 0.0375. The zero-order valence-electron chi connectivity index (χ0n) is 15.8. The van der Waals surface area contributed by atoms with E-state index in [2.05, 4.69) is 25.5 Å². The molecule has 1 aliphatic carbocycles. The van der Waals surface area contributed by atoms with Crippen LogP contribution in [0.4, 0.5) is 8.78 Å². The molecule has 1 aliphatic heterocycles. The van der Waals surface area contributed by atoms with Crippen molar-refractivity contribution in [2.75, 3.05) is 6.54 Å². The molecule has 3 rings (SSSR count). The van der Waals surface area contributed by atoms with E-state index in [9.17, 15) is 18.8 Å². The van der Waals surface area contributed by atoms with Crippen molar-refractivity contribution in [3.63, 3.8) is 0 Å². The topological polar surface area (TPSA) is 53.3 Å². The highest BCUT2D eigenvalue weighted by atomic mass is 19.3. The fourth-order valence-corrected chi connectivity index (χ4v) is 4.91. The van der Waals surface area contributed by atoms with Crippen molar-refractivity contribution in [3.8, 4) is 11.8 Å². The third-order valence-corrected chi connectivity index (χ3v) is 5.44. The number of alkyl halides is 2. The van der Waals surface area contributed by atoms with Crippen molar-refractivity contribution in [2.24, 2.45) is 10.8 Å². The van der Waals surface area contributed by atoms with Crippen LogP contribution in [0.1, 0.15) is 45.6 Å². The van der Waals surface area contributed by atoms with Crippen LogP contribution in [0, 0.1) is 22.2 Å². The van der Waals surface area contributed by atoms with Crippen LogP contribution in [0.5, 0.6) is 5.75 Å². The number of hydrogen-bond donors (Lipinski definition) is 0. The third kappa shape index (κ3) is 4.29. The fraction of sp³-hybridized carbons (Fsp3) is 0.524. The van der Waals surface area contributed by atoms with Gasteiger partial charge in [-0.3, -0.25) is 4.79 Å². The van der Waals surface area contributed by atoms with Crippen LogP contribution in [-0.4, -0.2) is 30.0 Å². The van der Waals surface area contributed by atoms with Crippen LogP contribution in [-0.2, 0) is 4.79 Å². The molecule has 0 N–H and O–H groups in total. The zero-order valence-corrected chi connectivity index (χ0v) is 15.8. The molecular weight excluding hydrogens is 350 g/mol. The summed E-state index contributed by atoms with van der Waals surface area (Å²) in [5.74, 6) is -0.215. The number of carbonyl (C=O) groups excluding carboxylic acids is 1. The average Bonchev–Trinajstić information content (AvgIpc) is 2.82. The van der Waals surface area contributed by atoms with Gasteiger partial charge in [-0.2, -0.15) is 14.0 Å². The Morgan fingerprint density at radius 1 is 1.30 bits per heavy atom. The summed E-state index contributed by atoms with van der Waals surface area (Å²) in [4.78, 5) is 14.8. The molecule has 2 aliphatic rings. The first-order chi connectivity index (χ1) is 12.6. The van der Waals surface area contributed by atoms with Gasteiger partial charge in [-0.15, -0.1) is 0 Å². The van der Waals surface area contributed by atoms with Gasteiger partial charge in [0, 0.05) is 12.6 Å². The number of amides is 1. The van der Waals surface area contributed by atoms with Crippen LogP contribution < -0.4 is 4.74 Å². The predicted molar refractivity (Wildman–Crippen MR) is 97.9 cm³/mol. The molecule has 0 spiro atoms. The summed E-state index contributed by atoms with van der Waals surface area (Å²) in [7, 11) is 0. The Hall–Kier alpha value is -2.42. The van der Waals surface area contributed by atoms with Crippen LogP contribution in [0.15, 0.2) is 29.8 Å². The van der Waals surface area contributed by atoms with Gasteiger partial charge in [0.15, 0.2) is 0 Å². The molecule has 2 fully saturated rings. The lowest BCUT2D eigenvalue weighted by molar-refractivity contribution is -0.127. The Bertz CT molecular complexity index is 795. The minimum Gasteiger partial charge on any atom is -0.435 e. The second kappa shape index (κ2) is 6.95. The van der Waals surface area contributed by atoms with Crippen LogP contribution in [0.25, 0.3) is 6.08 Å². The van der Waals surface area contributed by atoms with E-state index in [1.54, 1.807) is 12.1 Å². The Labute approximate surface area is 158 Å². The lowest BCUT2D eigenvalue weighted by atomic mass is 9.65. The van der Waals surface area contributed by atoms with Gasteiger partial charge in [0.1, 0.15) is 17.4 Å². The number of ether oxygens (including phenoxy) is 1. The Morgan fingerprint density at radius 2 is 1.96 bits per heavy atom. The molecule has 1 saturated carbocycles. The standard InChI is InChI=1S/C21H24F2N2O2/c1-20(2)9-16-10-21(3,12-20)13-25(16)18(26)15(11-24)8-14-4-6-17(7-5-14)27-19(22)23/h4-8,16,19H,9-10,12-13H2,1-3H3/b15-8+/t16-,21-/m1/s1. The molecule has 6 heteroatoms. The fourth-order valence-electron chi connectivity index (χ4n) is 4.91. The first-order valence-electron chi connectivity index (χ1n) is 9.09. The van der Waals surface area contributed by atoms with E-state index < -0.39 is 6.61 Å². The maximum Gasteiger partial charge on any atom is 0.387 e. The smallest absolute Gasteiger partial charge is 0.387 e. The minimum atomic E-state index is -2.89. The van der Waals surface area contributed by atoms with E-state index in [1.165, 1.54) is 18.2 Å². The molecule has 2 atom stereocenters. The van der Waals surface area contributed by atoms with Gasteiger partial charge in [0.05, 0.1) is 0 Å². The molecule has 1 aromatic rings. The number of nitrogens with zero attached hydrogens (tertiary/aromatic N) is 2. The second-order valence-electron chi connectivity index (χ2n) is 8.76. The van der Waals surface area contributed by atoms with Gasteiger partial charge >= 0.3 is 6.61 Å². The molecule has 2 bridgehead atoms.